The molecule has 0 radical (unpaired) electrons. The summed E-state index contributed by atoms with van der Waals surface area (Å²) >= 11 is 0. The lowest BCUT2D eigenvalue weighted by atomic mass is 10.1. The Morgan fingerprint density at radius 2 is 0.580 bits per heavy atom. The lowest BCUT2D eigenvalue weighted by molar-refractivity contribution is -0.167. The second-order valence-corrected chi connectivity index (χ2v) is 17.4. The van der Waals surface area contributed by atoms with Crippen LogP contribution in [0.2, 0.25) is 0 Å². The van der Waals surface area contributed by atoms with E-state index in [-0.39, 0.29) is 38.0 Å². The van der Waals surface area contributed by atoms with E-state index in [0.717, 1.165) is 109 Å². The molecule has 6 heteroatoms. The fraction of sp³-hybridized carbons (Fsp3) is 0.571. The first-order valence-electron chi connectivity index (χ1n) is 27.3. The predicted molar refractivity (Wildman–Crippen MR) is 297 cm³/mol. The maximum absolute atomic E-state index is 12.8. The highest BCUT2D eigenvalue weighted by Crippen LogP contribution is 2.10. The summed E-state index contributed by atoms with van der Waals surface area (Å²) in [4.78, 5) is 38.1. The summed E-state index contributed by atoms with van der Waals surface area (Å²) in [6.07, 6.45) is 79.8. The number of hydrogen-bond acceptors (Lipinski definition) is 6. The first-order valence-corrected chi connectivity index (χ1v) is 27.3. The predicted octanol–water partition coefficient (Wildman–Crippen LogP) is 18.4. The molecule has 1 atom stereocenters. The molecule has 0 heterocycles. The molecule has 6 nitrogen and oxygen atoms in total. The Hall–Kier alpha value is -4.71. The van der Waals surface area contributed by atoms with Crippen LogP contribution in [-0.2, 0) is 28.6 Å². The number of hydrogen-bond donors (Lipinski definition) is 0. The second-order valence-electron chi connectivity index (χ2n) is 17.4. The van der Waals surface area contributed by atoms with Crippen LogP contribution in [0.4, 0.5) is 0 Å². The lowest BCUT2D eigenvalue weighted by Gasteiger charge is -2.18. The van der Waals surface area contributed by atoms with E-state index in [2.05, 4.69) is 167 Å². The minimum atomic E-state index is -0.843. The first-order chi connectivity index (χ1) is 34.0. The normalized spacial score (nSPS) is 13.3. The summed E-state index contributed by atoms with van der Waals surface area (Å²) in [6, 6.07) is 0. The SMILES string of the molecule is CC/C=C\C/C=C\C/C=C\C/C=C\C/C=C\CCCCCC(=O)OC[C@H](COC(=O)CCCC/C=C\C/C=C\C/C=C\CCCCC)OC(=O)CCC/C=C\C/C=C\C/C=C\C/C=C\CCCCC. The van der Waals surface area contributed by atoms with Gasteiger partial charge in [-0.05, 0) is 141 Å². The third-order valence-corrected chi connectivity index (χ3v) is 10.8. The first kappa shape index (κ1) is 64.3. The maximum atomic E-state index is 12.8. The zero-order valence-corrected chi connectivity index (χ0v) is 44.0. The summed E-state index contributed by atoms with van der Waals surface area (Å²) in [7, 11) is 0. The van der Waals surface area contributed by atoms with Gasteiger partial charge in [0.15, 0.2) is 6.10 Å². The van der Waals surface area contributed by atoms with Gasteiger partial charge in [0, 0.05) is 19.3 Å². The topological polar surface area (TPSA) is 78.9 Å². The fourth-order valence-electron chi connectivity index (χ4n) is 6.70. The molecule has 0 aromatic heterocycles. The minimum absolute atomic E-state index is 0.135. The Kier molecular flexibility index (Phi) is 52.1. The smallest absolute Gasteiger partial charge is 0.306 e. The van der Waals surface area contributed by atoms with E-state index in [1.54, 1.807) is 0 Å². The molecule has 0 aromatic carbocycles. The minimum Gasteiger partial charge on any atom is -0.462 e. The Balaban J connectivity index is 4.63. The van der Waals surface area contributed by atoms with Crippen molar-refractivity contribution in [3.63, 3.8) is 0 Å². The van der Waals surface area contributed by atoms with Gasteiger partial charge in [0.2, 0.25) is 0 Å². The number of rotatable bonds is 47. The van der Waals surface area contributed by atoms with Crippen molar-refractivity contribution in [3.05, 3.63) is 146 Å². The molecule has 0 saturated carbocycles. The van der Waals surface area contributed by atoms with Crippen molar-refractivity contribution in [1.29, 1.82) is 0 Å². The standard InChI is InChI=1S/C63H98O6/c1-4-7-10-13-16-19-22-25-28-30-31-33-35-38-41-44-47-50-53-56-62(65)68-59-60(58-67-61(64)55-52-49-46-43-40-37-34-27-24-21-18-15-12-9-6-3)69-63(66)57-54-51-48-45-42-39-36-32-29-26-23-20-17-14-11-8-5-2/h7,10,16-21,25-29,31,33-34,36,38-41,43,45,48,60H,4-6,8-9,11-15,22-24,30,32,35,37,42,44,46-47,49-59H2,1-3H3/b10-7-,19-16-,20-17-,21-18-,28-25-,29-26-,33-31-,34-27-,39-36-,41-38-,43-40-,48-45-/t60-/m0/s1. The highest BCUT2D eigenvalue weighted by molar-refractivity contribution is 5.71. The largest absolute Gasteiger partial charge is 0.462 e. The van der Waals surface area contributed by atoms with Gasteiger partial charge < -0.3 is 14.2 Å². The van der Waals surface area contributed by atoms with E-state index in [9.17, 15) is 14.4 Å². The summed E-state index contributed by atoms with van der Waals surface area (Å²) < 4.78 is 16.7. The average molecular weight is 951 g/mol. The van der Waals surface area contributed by atoms with E-state index >= 15 is 0 Å². The molecule has 0 aromatic rings. The van der Waals surface area contributed by atoms with E-state index in [1.807, 2.05) is 0 Å². The van der Waals surface area contributed by atoms with Crippen LogP contribution in [0, 0.1) is 0 Å². The van der Waals surface area contributed by atoms with Gasteiger partial charge in [-0.1, -0.05) is 199 Å². The molecule has 0 aliphatic rings. The third-order valence-electron chi connectivity index (χ3n) is 10.8. The molecule has 0 N–H and O–H groups in total. The van der Waals surface area contributed by atoms with Crippen molar-refractivity contribution in [3.8, 4) is 0 Å². The number of carbonyl (C=O) groups is 3. The van der Waals surface area contributed by atoms with Gasteiger partial charge >= 0.3 is 17.9 Å². The quantitative estimate of drug-likeness (QED) is 0.0262. The van der Waals surface area contributed by atoms with Gasteiger partial charge in [0.05, 0.1) is 0 Å². The van der Waals surface area contributed by atoms with Gasteiger partial charge in [-0.15, -0.1) is 0 Å². The van der Waals surface area contributed by atoms with Crippen LogP contribution in [0.25, 0.3) is 0 Å². The number of unbranched alkanes of at least 4 members (excludes halogenated alkanes) is 12. The van der Waals surface area contributed by atoms with Crippen LogP contribution in [-0.4, -0.2) is 37.2 Å². The maximum Gasteiger partial charge on any atom is 0.306 e. The molecule has 0 unspecified atom stereocenters. The molecule has 0 rings (SSSR count). The van der Waals surface area contributed by atoms with Crippen molar-refractivity contribution < 1.29 is 28.6 Å². The van der Waals surface area contributed by atoms with Crippen LogP contribution in [0.15, 0.2) is 146 Å². The van der Waals surface area contributed by atoms with E-state index in [0.29, 0.717) is 19.3 Å². The Labute approximate surface area is 423 Å². The summed E-state index contributed by atoms with van der Waals surface area (Å²) in [5.74, 6) is -1.07. The fourth-order valence-corrected chi connectivity index (χ4v) is 6.70. The Bertz CT molecular complexity index is 1560. The molecule has 0 bridgehead atoms. The highest BCUT2D eigenvalue weighted by Gasteiger charge is 2.19. The number of carbonyl (C=O) groups excluding carboxylic acids is 3. The zero-order chi connectivity index (χ0) is 50.0. The number of ether oxygens (including phenoxy) is 3. The van der Waals surface area contributed by atoms with Gasteiger partial charge in [-0.2, -0.15) is 0 Å². The summed E-state index contributed by atoms with van der Waals surface area (Å²) in [5, 5.41) is 0. The van der Waals surface area contributed by atoms with Crippen LogP contribution in [0.1, 0.15) is 213 Å². The van der Waals surface area contributed by atoms with Crippen molar-refractivity contribution in [2.24, 2.45) is 0 Å². The van der Waals surface area contributed by atoms with Crippen molar-refractivity contribution in [1.82, 2.24) is 0 Å². The van der Waals surface area contributed by atoms with Crippen molar-refractivity contribution in [2.75, 3.05) is 13.2 Å². The lowest BCUT2D eigenvalue weighted by Crippen LogP contribution is -2.30. The van der Waals surface area contributed by atoms with Gasteiger partial charge in [0.25, 0.3) is 0 Å². The average Bonchev–Trinajstić information content (AvgIpc) is 3.35. The summed E-state index contributed by atoms with van der Waals surface area (Å²) in [6.45, 7) is 6.34. The molecule has 0 aliphatic carbocycles. The van der Waals surface area contributed by atoms with Crippen LogP contribution < -0.4 is 0 Å². The van der Waals surface area contributed by atoms with Gasteiger partial charge in [0.1, 0.15) is 13.2 Å². The van der Waals surface area contributed by atoms with E-state index in [1.165, 1.54) is 51.4 Å². The third kappa shape index (κ3) is 54.1. The molecule has 0 fully saturated rings. The Morgan fingerprint density at radius 3 is 0.928 bits per heavy atom. The number of esters is 3. The molecule has 69 heavy (non-hydrogen) atoms. The number of allylic oxidation sites excluding steroid dienone is 24. The van der Waals surface area contributed by atoms with Crippen LogP contribution >= 0.6 is 0 Å². The molecular formula is C63H98O6. The zero-order valence-electron chi connectivity index (χ0n) is 44.0. The second kappa shape index (κ2) is 55.9. The van der Waals surface area contributed by atoms with Crippen LogP contribution in [0.3, 0.4) is 0 Å². The molecular weight excluding hydrogens is 853 g/mol. The van der Waals surface area contributed by atoms with E-state index in [4.69, 9.17) is 14.2 Å². The molecule has 0 spiro atoms. The molecule has 386 valence electrons. The monoisotopic (exact) mass is 951 g/mol. The van der Waals surface area contributed by atoms with Crippen molar-refractivity contribution >= 4 is 17.9 Å². The van der Waals surface area contributed by atoms with E-state index < -0.39 is 12.1 Å². The van der Waals surface area contributed by atoms with Gasteiger partial charge in [-0.25, -0.2) is 0 Å². The van der Waals surface area contributed by atoms with Gasteiger partial charge in [-0.3, -0.25) is 14.4 Å². The highest BCUT2D eigenvalue weighted by atomic mass is 16.6. The van der Waals surface area contributed by atoms with Crippen LogP contribution in [0.5, 0.6) is 0 Å². The van der Waals surface area contributed by atoms with Crippen molar-refractivity contribution in [2.45, 2.75) is 219 Å². The summed E-state index contributed by atoms with van der Waals surface area (Å²) in [5.41, 5.74) is 0. The molecule has 0 saturated heterocycles. The molecule has 0 aliphatic heterocycles. The molecule has 0 amide bonds. The Morgan fingerprint density at radius 1 is 0.304 bits per heavy atom.